The predicted octanol–water partition coefficient (Wildman–Crippen LogP) is 7.48. The molecule has 0 amide bonds. The standard InChI is InChI=1S/C28H33N3O2S/c1-19-17-23(31(3)22-11-9-21(10-12-22)20-7-5-4-6-8-20)13-15-26(19)30-27-16-14-24(34-29-2)18-25(27)28(32)33/h9-18,20,29-30H,4-8H2,1-3H3,(H,32,33). The molecule has 34 heavy (non-hydrogen) atoms. The van der Waals surface area contributed by atoms with Gasteiger partial charge in [0.25, 0.3) is 0 Å². The Kier molecular flexibility index (Phi) is 7.80. The molecule has 1 fully saturated rings. The van der Waals surface area contributed by atoms with E-state index in [9.17, 15) is 9.90 Å². The lowest BCUT2D eigenvalue weighted by Gasteiger charge is -2.24. The van der Waals surface area contributed by atoms with Crippen LogP contribution in [0, 0.1) is 6.92 Å². The van der Waals surface area contributed by atoms with E-state index in [2.05, 4.69) is 58.4 Å². The number of rotatable bonds is 8. The molecule has 0 saturated heterocycles. The number of benzene rings is 3. The third-order valence-electron chi connectivity index (χ3n) is 6.66. The van der Waals surface area contributed by atoms with Crippen molar-refractivity contribution in [2.24, 2.45) is 0 Å². The smallest absolute Gasteiger partial charge is 0.337 e. The van der Waals surface area contributed by atoms with Crippen molar-refractivity contribution in [2.75, 3.05) is 24.3 Å². The summed E-state index contributed by atoms with van der Waals surface area (Å²) in [7, 11) is 3.89. The molecule has 4 rings (SSSR count). The first kappa shape index (κ1) is 24.2. The summed E-state index contributed by atoms with van der Waals surface area (Å²) in [6.07, 6.45) is 6.69. The topological polar surface area (TPSA) is 64.6 Å². The maximum atomic E-state index is 11.8. The van der Waals surface area contributed by atoms with Gasteiger partial charge in [-0.05, 0) is 104 Å². The summed E-state index contributed by atoms with van der Waals surface area (Å²) >= 11 is 1.39. The molecule has 3 N–H and O–H groups in total. The van der Waals surface area contributed by atoms with Gasteiger partial charge in [0.15, 0.2) is 0 Å². The minimum absolute atomic E-state index is 0.249. The zero-order chi connectivity index (χ0) is 24.1. The summed E-state index contributed by atoms with van der Waals surface area (Å²) in [5.41, 5.74) is 6.47. The van der Waals surface area contributed by atoms with Gasteiger partial charge in [-0.3, -0.25) is 4.72 Å². The summed E-state index contributed by atoms with van der Waals surface area (Å²) in [6, 6.07) is 20.6. The average Bonchev–Trinajstić information content (AvgIpc) is 2.86. The third kappa shape index (κ3) is 5.57. The summed E-state index contributed by atoms with van der Waals surface area (Å²) in [5.74, 6) is -0.242. The molecule has 3 aromatic rings. The van der Waals surface area contributed by atoms with Crippen molar-refractivity contribution in [3.63, 3.8) is 0 Å². The van der Waals surface area contributed by atoms with Crippen molar-refractivity contribution in [1.29, 1.82) is 0 Å². The van der Waals surface area contributed by atoms with Crippen molar-refractivity contribution < 1.29 is 9.90 Å². The van der Waals surface area contributed by atoms with Crippen molar-refractivity contribution in [2.45, 2.75) is 49.8 Å². The highest BCUT2D eigenvalue weighted by Crippen LogP contribution is 2.35. The monoisotopic (exact) mass is 475 g/mol. The lowest BCUT2D eigenvalue weighted by atomic mass is 9.84. The van der Waals surface area contributed by atoms with Crippen LogP contribution in [0.3, 0.4) is 0 Å². The summed E-state index contributed by atoms with van der Waals surface area (Å²) in [6.45, 7) is 2.04. The first-order chi connectivity index (χ1) is 16.5. The van der Waals surface area contributed by atoms with Gasteiger partial charge in [-0.2, -0.15) is 0 Å². The van der Waals surface area contributed by atoms with Crippen LogP contribution in [0.25, 0.3) is 0 Å². The van der Waals surface area contributed by atoms with Gasteiger partial charge < -0.3 is 15.3 Å². The van der Waals surface area contributed by atoms with Gasteiger partial charge in [0, 0.05) is 29.0 Å². The fraction of sp³-hybridized carbons (Fsp3) is 0.321. The van der Waals surface area contributed by atoms with Crippen LogP contribution in [0.15, 0.2) is 65.6 Å². The van der Waals surface area contributed by atoms with Crippen LogP contribution in [0.5, 0.6) is 0 Å². The van der Waals surface area contributed by atoms with E-state index in [-0.39, 0.29) is 5.56 Å². The number of carboxylic acid groups (broad SMARTS) is 1. The first-order valence-corrected chi connectivity index (χ1v) is 12.7. The number of anilines is 4. The van der Waals surface area contributed by atoms with E-state index in [1.807, 2.05) is 32.2 Å². The lowest BCUT2D eigenvalue weighted by molar-refractivity contribution is 0.0697. The molecule has 0 atom stereocenters. The van der Waals surface area contributed by atoms with Crippen LogP contribution in [-0.2, 0) is 0 Å². The quantitative estimate of drug-likeness (QED) is 0.294. The number of nitrogens with zero attached hydrogens (tertiary/aromatic N) is 1. The Bertz CT molecular complexity index is 1140. The van der Waals surface area contributed by atoms with Gasteiger partial charge >= 0.3 is 5.97 Å². The molecule has 6 heteroatoms. The highest BCUT2D eigenvalue weighted by molar-refractivity contribution is 7.97. The molecule has 0 aliphatic heterocycles. The summed E-state index contributed by atoms with van der Waals surface area (Å²) in [4.78, 5) is 14.8. The van der Waals surface area contributed by atoms with E-state index < -0.39 is 5.97 Å². The third-order valence-corrected chi connectivity index (χ3v) is 7.36. The van der Waals surface area contributed by atoms with Crippen LogP contribution in [0.4, 0.5) is 22.7 Å². The Hall–Kier alpha value is -2.96. The molecule has 0 bridgehead atoms. The van der Waals surface area contributed by atoms with Gasteiger partial charge in [0.2, 0.25) is 0 Å². The molecule has 3 aromatic carbocycles. The fourth-order valence-electron chi connectivity index (χ4n) is 4.69. The first-order valence-electron chi connectivity index (χ1n) is 11.9. The lowest BCUT2D eigenvalue weighted by Crippen LogP contribution is -2.11. The molecule has 0 aromatic heterocycles. The number of carboxylic acids is 1. The Balaban J connectivity index is 1.50. The predicted molar refractivity (Wildman–Crippen MR) is 143 cm³/mol. The largest absolute Gasteiger partial charge is 0.478 e. The van der Waals surface area contributed by atoms with E-state index in [1.165, 1.54) is 49.6 Å². The second kappa shape index (κ2) is 11.0. The number of hydrogen-bond acceptors (Lipinski definition) is 5. The van der Waals surface area contributed by atoms with Crippen LogP contribution in [0.1, 0.15) is 59.5 Å². The van der Waals surface area contributed by atoms with E-state index in [4.69, 9.17) is 0 Å². The zero-order valence-electron chi connectivity index (χ0n) is 20.1. The highest BCUT2D eigenvalue weighted by Gasteiger charge is 2.16. The van der Waals surface area contributed by atoms with Gasteiger partial charge in [-0.25, -0.2) is 4.79 Å². The maximum absolute atomic E-state index is 11.8. The minimum Gasteiger partial charge on any atom is -0.478 e. The van der Waals surface area contributed by atoms with Crippen LogP contribution in [-0.4, -0.2) is 25.2 Å². The molecule has 0 heterocycles. The van der Waals surface area contributed by atoms with Crippen molar-refractivity contribution in [3.05, 3.63) is 77.4 Å². The van der Waals surface area contributed by atoms with Crippen molar-refractivity contribution >= 4 is 40.7 Å². The van der Waals surface area contributed by atoms with Crippen LogP contribution in [0.2, 0.25) is 0 Å². The SMILES string of the molecule is CNSc1ccc(Nc2ccc(N(C)c3ccc(C4CCCCC4)cc3)cc2C)c(C(=O)O)c1. The fourth-order valence-corrected chi connectivity index (χ4v) is 5.24. The second-order valence-corrected chi connectivity index (χ2v) is 10.0. The number of nitrogens with one attached hydrogen (secondary N) is 2. The van der Waals surface area contributed by atoms with E-state index in [0.717, 1.165) is 27.5 Å². The van der Waals surface area contributed by atoms with E-state index in [0.29, 0.717) is 11.6 Å². The Morgan fingerprint density at radius 3 is 2.26 bits per heavy atom. The molecular formula is C28H33N3O2S. The average molecular weight is 476 g/mol. The van der Waals surface area contributed by atoms with Gasteiger partial charge in [0.1, 0.15) is 0 Å². The molecule has 1 aliphatic carbocycles. The van der Waals surface area contributed by atoms with Crippen molar-refractivity contribution in [3.8, 4) is 0 Å². The maximum Gasteiger partial charge on any atom is 0.337 e. The molecule has 5 nitrogen and oxygen atoms in total. The molecule has 0 spiro atoms. The number of hydrogen-bond donors (Lipinski definition) is 3. The van der Waals surface area contributed by atoms with E-state index in [1.54, 1.807) is 6.07 Å². The number of carbonyl (C=O) groups is 1. The number of aryl methyl sites for hydroxylation is 1. The molecular weight excluding hydrogens is 442 g/mol. The zero-order valence-corrected chi connectivity index (χ0v) is 20.9. The molecule has 1 saturated carbocycles. The van der Waals surface area contributed by atoms with Gasteiger partial charge in [-0.15, -0.1) is 0 Å². The van der Waals surface area contributed by atoms with Gasteiger partial charge in [0.05, 0.1) is 11.3 Å². The normalized spacial score (nSPS) is 14.1. The summed E-state index contributed by atoms with van der Waals surface area (Å²) < 4.78 is 2.98. The minimum atomic E-state index is -0.952. The molecule has 1 aliphatic rings. The Morgan fingerprint density at radius 2 is 1.62 bits per heavy atom. The molecule has 0 radical (unpaired) electrons. The van der Waals surface area contributed by atoms with E-state index >= 15 is 0 Å². The molecule has 0 unspecified atom stereocenters. The van der Waals surface area contributed by atoms with Crippen LogP contribution < -0.4 is 14.9 Å². The Labute approximate surface area is 206 Å². The van der Waals surface area contributed by atoms with Gasteiger partial charge in [-0.1, -0.05) is 31.4 Å². The molecule has 178 valence electrons. The Morgan fingerprint density at radius 1 is 0.941 bits per heavy atom. The summed E-state index contributed by atoms with van der Waals surface area (Å²) in [5, 5.41) is 13.0. The highest BCUT2D eigenvalue weighted by atomic mass is 32.2. The second-order valence-electron chi connectivity index (χ2n) is 8.93. The number of aromatic carboxylic acids is 1. The van der Waals surface area contributed by atoms with Crippen LogP contribution >= 0.6 is 11.9 Å². The van der Waals surface area contributed by atoms with Crippen molar-refractivity contribution in [1.82, 2.24) is 4.72 Å².